The number of carbonyl (C=O) groups excluding carboxylic acids is 1. The number of carbonyl (C=O) groups is 1. The van der Waals surface area contributed by atoms with E-state index in [2.05, 4.69) is 24.3 Å². The van der Waals surface area contributed by atoms with Gasteiger partial charge in [0.15, 0.2) is 0 Å². The van der Waals surface area contributed by atoms with Crippen molar-refractivity contribution in [2.75, 3.05) is 6.26 Å². The molecule has 1 atom stereocenters. The zero-order valence-electron chi connectivity index (χ0n) is 13.9. The lowest BCUT2D eigenvalue weighted by Crippen LogP contribution is -2.27. The summed E-state index contributed by atoms with van der Waals surface area (Å²) in [4.78, 5) is 12.5. The van der Waals surface area contributed by atoms with Gasteiger partial charge in [-0.25, -0.2) is 0 Å². The smallest absolute Gasteiger partial charge is 0.121 e. The summed E-state index contributed by atoms with van der Waals surface area (Å²) in [6.07, 6.45) is 3.07. The summed E-state index contributed by atoms with van der Waals surface area (Å²) in [5.41, 5.74) is 5.27. The first-order valence-electron chi connectivity index (χ1n) is 8.25. The summed E-state index contributed by atoms with van der Waals surface area (Å²) >= 11 is 0. The van der Waals surface area contributed by atoms with Crippen LogP contribution in [0.1, 0.15) is 23.1 Å². The maximum absolute atomic E-state index is 11.7. The topological polar surface area (TPSA) is 34.1 Å². The van der Waals surface area contributed by atoms with Gasteiger partial charge in [0, 0.05) is 28.4 Å². The second kappa shape index (κ2) is 6.08. The number of fused-ring (bicyclic) bond motifs is 3. The molecule has 0 radical (unpaired) electrons. The lowest BCUT2D eigenvalue weighted by atomic mass is 9.70. The molecule has 4 rings (SSSR count). The van der Waals surface area contributed by atoms with Crippen molar-refractivity contribution >= 4 is 17.1 Å². The van der Waals surface area contributed by atoms with Crippen molar-refractivity contribution in [1.82, 2.24) is 0 Å². The van der Waals surface area contributed by atoms with Gasteiger partial charge in [-0.05, 0) is 39.9 Å². The van der Waals surface area contributed by atoms with Gasteiger partial charge in [-0.15, -0.1) is 0 Å². The molecular formula is C22H18O2S. The van der Waals surface area contributed by atoms with E-state index in [9.17, 15) is 9.00 Å². The summed E-state index contributed by atoms with van der Waals surface area (Å²) in [7, 11) is -1.02. The van der Waals surface area contributed by atoms with Gasteiger partial charge >= 0.3 is 0 Å². The lowest BCUT2D eigenvalue weighted by molar-refractivity contribution is -0.108. The predicted octanol–water partition coefficient (Wildman–Crippen LogP) is 4.33. The minimum atomic E-state index is -1.02. The molecule has 0 aliphatic heterocycles. The van der Waals surface area contributed by atoms with Gasteiger partial charge in [0.2, 0.25) is 0 Å². The number of benzene rings is 3. The van der Waals surface area contributed by atoms with Crippen molar-refractivity contribution in [3.63, 3.8) is 0 Å². The Morgan fingerprint density at radius 2 is 1.36 bits per heavy atom. The molecule has 0 fully saturated rings. The minimum absolute atomic E-state index is 0.385. The maximum atomic E-state index is 11.7. The molecule has 3 heteroatoms. The van der Waals surface area contributed by atoms with E-state index in [0.29, 0.717) is 6.42 Å². The van der Waals surface area contributed by atoms with E-state index in [1.807, 2.05) is 48.5 Å². The third-order valence-corrected chi connectivity index (χ3v) is 6.07. The predicted molar refractivity (Wildman–Crippen MR) is 101 cm³/mol. The Kier molecular flexibility index (Phi) is 3.89. The minimum Gasteiger partial charge on any atom is -0.303 e. The third-order valence-electron chi connectivity index (χ3n) is 5.13. The standard InChI is InChI=1S/C22H18O2S/c1-25(24)17-12-10-16(11-13-17)22(14-15-23)20-8-4-2-6-18(20)19-7-3-5-9-21(19)22/h2-13,15H,14H2,1H3. The molecule has 0 aromatic heterocycles. The number of hydrogen-bond donors (Lipinski definition) is 0. The summed E-state index contributed by atoms with van der Waals surface area (Å²) in [6, 6.07) is 24.4. The molecule has 0 bridgehead atoms. The van der Waals surface area contributed by atoms with Crippen molar-refractivity contribution in [3.05, 3.63) is 89.5 Å². The van der Waals surface area contributed by atoms with Crippen molar-refractivity contribution in [2.24, 2.45) is 0 Å². The van der Waals surface area contributed by atoms with Gasteiger partial charge in [-0.3, -0.25) is 4.21 Å². The van der Waals surface area contributed by atoms with Crippen molar-refractivity contribution in [2.45, 2.75) is 16.7 Å². The van der Waals surface area contributed by atoms with Crippen LogP contribution < -0.4 is 0 Å². The zero-order chi connectivity index (χ0) is 17.4. The average molecular weight is 346 g/mol. The van der Waals surface area contributed by atoms with Gasteiger partial charge in [0.25, 0.3) is 0 Å². The van der Waals surface area contributed by atoms with Gasteiger partial charge in [0.1, 0.15) is 6.29 Å². The molecule has 1 unspecified atom stereocenters. The molecule has 0 saturated carbocycles. The van der Waals surface area contributed by atoms with Crippen LogP contribution in [0, 0.1) is 0 Å². The van der Waals surface area contributed by atoms with Gasteiger partial charge < -0.3 is 4.79 Å². The summed E-state index contributed by atoms with van der Waals surface area (Å²) in [5, 5.41) is 0. The monoisotopic (exact) mass is 346 g/mol. The molecule has 3 aromatic carbocycles. The van der Waals surface area contributed by atoms with E-state index in [4.69, 9.17) is 0 Å². The van der Waals surface area contributed by atoms with Crippen LogP contribution in [0.15, 0.2) is 77.7 Å². The fourth-order valence-electron chi connectivity index (χ4n) is 4.03. The highest BCUT2D eigenvalue weighted by Gasteiger charge is 2.43. The van der Waals surface area contributed by atoms with Crippen LogP contribution in [0.4, 0.5) is 0 Å². The molecule has 1 aliphatic rings. The number of rotatable bonds is 4. The Hall–Kier alpha value is -2.52. The quantitative estimate of drug-likeness (QED) is 0.659. The van der Waals surface area contributed by atoms with E-state index >= 15 is 0 Å². The van der Waals surface area contributed by atoms with Crippen LogP contribution in [0.5, 0.6) is 0 Å². The largest absolute Gasteiger partial charge is 0.303 e. The molecule has 0 amide bonds. The van der Waals surface area contributed by atoms with Crippen LogP contribution in [0.3, 0.4) is 0 Å². The first-order valence-corrected chi connectivity index (χ1v) is 9.81. The van der Waals surface area contributed by atoms with E-state index in [-0.39, 0.29) is 0 Å². The molecule has 2 nitrogen and oxygen atoms in total. The molecule has 25 heavy (non-hydrogen) atoms. The Morgan fingerprint density at radius 3 is 1.84 bits per heavy atom. The Labute approximate surface area is 150 Å². The first-order chi connectivity index (χ1) is 12.2. The normalized spacial score (nSPS) is 15.2. The molecule has 0 saturated heterocycles. The van der Waals surface area contributed by atoms with Crippen LogP contribution >= 0.6 is 0 Å². The Bertz CT molecular complexity index is 928. The highest BCUT2D eigenvalue weighted by atomic mass is 32.2. The molecule has 0 N–H and O–H groups in total. The second-order valence-electron chi connectivity index (χ2n) is 6.35. The Balaban J connectivity index is 2.03. The number of aldehydes is 1. The van der Waals surface area contributed by atoms with E-state index < -0.39 is 16.2 Å². The van der Waals surface area contributed by atoms with Gasteiger partial charge in [-0.1, -0.05) is 60.7 Å². The molecule has 0 spiro atoms. The molecule has 3 aromatic rings. The molecule has 1 aliphatic carbocycles. The zero-order valence-corrected chi connectivity index (χ0v) is 14.8. The lowest BCUT2D eigenvalue weighted by Gasteiger charge is -2.31. The second-order valence-corrected chi connectivity index (χ2v) is 7.73. The van der Waals surface area contributed by atoms with Gasteiger partial charge in [0.05, 0.1) is 5.41 Å². The van der Waals surface area contributed by atoms with E-state index in [1.54, 1.807) is 6.26 Å². The highest BCUT2D eigenvalue weighted by Crippen LogP contribution is 2.53. The van der Waals surface area contributed by atoms with Crippen LogP contribution in [0.25, 0.3) is 11.1 Å². The molecular weight excluding hydrogens is 328 g/mol. The van der Waals surface area contributed by atoms with Gasteiger partial charge in [-0.2, -0.15) is 0 Å². The fourth-order valence-corrected chi connectivity index (χ4v) is 4.55. The van der Waals surface area contributed by atoms with Crippen LogP contribution in [0.2, 0.25) is 0 Å². The van der Waals surface area contributed by atoms with Crippen molar-refractivity contribution in [3.8, 4) is 11.1 Å². The Morgan fingerprint density at radius 1 is 0.840 bits per heavy atom. The third kappa shape index (κ3) is 2.30. The van der Waals surface area contributed by atoms with E-state index in [1.165, 1.54) is 11.1 Å². The highest BCUT2D eigenvalue weighted by molar-refractivity contribution is 7.84. The van der Waals surface area contributed by atoms with Crippen LogP contribution in [-0.4, -0.2) is 16.8 Å². The van der Waals surface area contributed by atoms with Crippen molar-refractivity contribution < 1.29 is 9.00 Å². The van der Waals surface area contributed by atoms with Crippen LogP contribution in [-0.2, 0) is 21.0 Å². The average Bonchev–Trinajstić information content (AvgIpc) is 2.94. The summed E-state index contributed by atoms with van der Waals surface area (Å²) in [6.45, 7) is 0. The fraction of sp³-hybridized carbons (Fsp3) is 0.136. The first kappa shape index (κ1) is 16.0. The summed E-state index contributed by atoms with van der Waals surface area (Å²) < 4.78 is 11.7. The van der Waals surface area contributed by atoms with Crippen molar-refractivity contribution in [1.29, 1.82) is 0 Å². The number of hydrogen-bond acceptors (Lipinski definition) is 2. The maximum Gasteiger partial charge on any atom is 0.121 e. The van der Waals surface area contributed by atoms with E-state index in [0.717, 1.165) is 27.9 Å². The molecule has 124 valence electrons. The SMILES string of the molecule is CS(=O)c1ccc(C2(CC=O)c3ccccc3-c3ccccc32)cc1. The molecule has 0 heterocycles. The summed E-state index contributed by atoms with van der Waals surface area (Å²) in [5.74, 6) is 0.